The summed E-state index contributed by atoms with van der Waals surface area (Å²) in [7, 11) is 0.999. The zero-order valence-corrected chi connectivity index (χ0v) is 13.3. The van der Waals surface area contributed by atoms with Crippen LogP contribution in [0.3, 0.4) is 0 Å². The Morgan fingerprint density at radius 3 is 1.35 bits per heavy atom. The number of carboxylic acids is 2. The van der Waals surface area contributed by atoms with Crippen molar-refractivity contribution in [2.45, 2.75) is 62.2 Å². The Morgan fingerprint density at radius 1 is 0.850 bits per heavy atom. The molecule has 0 aliphatic rings. The molecular weight excluding hydrogens is 304 g/mol. The number of hydrogen-bond acceptors (Lipinski definition) is 6. The van der Waals surface area contributed by atoms with E-state index >= 15 is 0 Å². The Morgan fingerprint density at radius 2 is 1.15 bits per heavy atom. The maximum atomic E-state index is 11.1. The number of aliphatic carboxylic acids is 2. The Kier molecular flexibility index (Phi) is 8.57. The van der Waals surface area contributed by atoms with Gasteiger partial charge in [-0.1, -0.05) is 26.7 Å². The molecule has 118 valence electrons. The molecule has 20 heavy (non-hydrogen) atoms. The lowest BCUT2D eigenvalue weighted by Gasteiger charge is -2.27. The van der Waals surface area contributed by atoms with Gasteiger partial charge in [-0.15, -0.1) is 0 Å². The molecule has 0 amide bonds. The maximum absolute atomic E-state index is 11.1. The van der Waals surface area contributed by atoms with Crippen molar-refractivity contribution in [2.75, 3.05) is 0 Å². The van der Waals surface area contributed by atoms with Crippen LogP contribution in [0.1, 0.15) is 52.4 Å². The van der Waals surface area contributed by atoms with E-state index in [1.165, 1.54) is 0 Å². The molecule has 0 heterocycles. The van der Waals surface area contributed by atoms with Gasteiger partial charge in [-0.2, -0.15) is 0 Å². The lowest BCUT2D eigenvalue weighted by molar-refractivity contribution is -0.150. The summed E-state index contributed by atoms with van der Waals surface area (Å²) in [4.78, 5) is 18.1. The largest absolute Gasteiger partial charge is 0.478 e. The zero-order chi connectivity index (χ0) is 15.8. The monoisotopic (exact) mass is 326 g/mol. The van der Waals surface area contributed by atoms with Crippen molar-refractivity contribution in [3.8, 4) is 0 Å². The molecule has 0 fully saturated rings. The summed E-state index contributed by atoms with van der Waals surface area (Å²) in [6.07, 6.45) is 2.41. The molecule has 4 N–H and O–H groups in total. The zero-order valence-electron chi connectivity index (χ0n) is 11.7. The molecule has 0 aliphatic carbocycles. The van der Waals surface area contributed by atoms with Crippen LogP contribution in [0.25, 0.3) is 0 Å². The SMILES string of the molecule is CCCCC(O)(SSC(O)(CCCC)C(=O)O)C(=O)O. The van der Waals surface area contributed by atoms with E-state index in [2.05, 4.69) is 0 Å². The molecule has 2 atom stereocenters. The first-order valence-electron chi connectivity index (χ1n) is 6.50. The van der Waals surface area contributed by atoms with E-state index < -0.39 is 21.8 Å². The third kappa shape index (κ3) is 5.90. The van der Waals surface area contributed by atoms with Crippen LogP contribution in [-0.2, 0) is 9.59 Å². The van der Waals surface area contributed by atoms with Crippen molar-refractivity contribution >= 4 is 33.5 Å². The van der Waals surface area contributed by atoms with Crippen LogP contribution < -0.4 is 0 Å². The molecular formula is C12H22O6S2. The Bertz CT molecular complexity index is 306. The maximum Gasteiger partial charge on any atom is 0.347 e. The third-order valence-corrected chi connectivity index (χ3v) is 6.02. The highest BCUT2D eigenvalue weighted by Crippen LogP contribution is 2.46. The summed E-state index contributed by atoms with van der Waals surface area (Å²) in [5.41, 5.74) is 0. The topological polar surface area (TPSA) is 115 Å². The first-order chi connectivity index (χ1) is 9.22. The quantitative estimate of drug-likeness (QED) is 0.338. The number of hydrogen-bond donors (Lipinski definition) is 4. The van der Waals surface area contributed by atoms with Gasteiger partial charge in [0.1, 0.15) is 0 Å². The number of rotatable bonds is 11. The van der Waals surface area contributed by atoms with Crippen LogP contribution in [0.15, 0.2) is 0 Å². The number of aliphatic hydroxyl groups is 2. The fraction of sp³-hybridized carbons (Fsp3) is 0.833. The lowest BCUT2D eigenvalue weighted by Crippen LogP contribution is -2.38. The van der Waals surface area contributed by atoms with Crippen molar-refractivity contribution in [1.82, 2.24) is 0 Å². The van der Waals surface area contributed by atoms with Crippen molar-refractivity contribution in [3.05, 3.63) is 0 Å². The normalized spacial score (nSPS) is 17.2. The van der Waals surface area contributed by atoms with Gasteiger partial charge in [0, 0.05) is 0 Å². The molecule has 6 nitrogen and oxygen atoms in total. The number of unbranched alkanes of at least 4 members (excludes halogenated alkanes) is 2. The second kappa shape index (κ2) is 8.76. The van der Waals surface area contributed by atoms with E-state index in [-0.39, 0.29) is 12.8 Å². The first kappa shape index (κ1) is 19.6. The van der Waals surface area contributed by atoms with Crippen LogP contribution >= 0.6 is 21.6 Å². The average Bonchev–Trinajstić information content (AvgIpc) is 2.40. The molecule has 0 rings (SSSR count). The van der Waals surface area contributed by atoms with Gasteiger partial charge in [0.05, 0.1) is 0 Å². The lowest BCUT2D eigenvalue weighted by atomic mass is 10.1. The fourth-order valence-corrected chi connectivity index (χ4v) is 3.97. The summed E-state index contributed by atoms with van der Waals surface area (Å²) in [5.74, 6) is -2.85. The molecule has 2 unspecified atom stereocenters. The van der Waals surface area contributed by atoms with Crippen molar-refractivity contribution in [2.24, 2.45) is 0 Å². The van der Waals surface area contributed by atoms with Gasteiger partial charge in [-0.05, 0) is 47.3 Å². The van der Waals surface area contributed by atoms with Crippen LogP contribution in [0.2, 0.25) is 0 Å². The molecule has 0 aromatic carbocycles. The third-order valence-electron chi connectivity index (χ3n) is 2.72. The Balaban J connectivity index is 4.79. The van der Waals surface area contributed by atoms with E-state index in [4.69, 9.17) is 10.2 Å². The summed E-state index contributed by atoms with van der Waals surface area (Å²) < 4.78 is 0. The van der Waals surface area contributed by atoms with Crippen LogP contribution in [-0.4, -0.2) is 42.2 Å². The number of carbonyl (C=O) groups is 2. The van der Waals surface area contributed by atoms with Crippen molar-refractivity contribution < 1.29 is 30.0 Å². The van der Waals surface area contributed by atoms with E-state index in [0.717, 1.165) is 0 Å². The highest BCUT2D eigenvalue weighted by atomic mass is 33.1. The van der Waals surface area contributed by atoms with E-state index in [1.54, 1.807) is 0 Å². The molecule has 0 aromatic rings. The van der Waals surface area contributed by atoms with Crippen LogP contribution in [0.4, 0.5) is 0 Å². The minimum absolute atomic E-state index is 0.0000230. The van der Waals surface area contributed by atoms with Gasteiger partial charge in [-0.25, -0.2) is 9.59 Å². The minimum Gasteiger partial charge on any atom is -0.478 e. The predicted octanol–water partition coefficient (Wildman–Crippen LogP) is 2.29. The van der Waals surface area contributed by atoms with Gasteiger partial charge < -0.3 is 20.4 Å². The fourth-order valence-electron chi connectivity index (χ4n) is 1.34. The van der Waals surface area contributed by atoms with Crippen molar-refractivity contribution in [3.63, 3.8) is 0 Å². The van der Waals surface area contributed by atoms with E-state index in [0.29, 0.717) is 47.3 Å². The molecule has 0 aliphatic heterocycles. The summed E-state index contributed by atoms with van der Waals surface area (Å²) in [6, 6.07) is 0. The number of carboxylic acid groups (broad SMARTS) is 2. The Labute approximate surface area is 126 Å². The second-order valence-corrected chi connectivity index (χ2v) is 7.24. The van der Waals surface area contributed by atoms with E-state index in [9.17, 15) is 19.8 Å². The molecule has 0 aromatic heterocycles. The summed E-state index contributed by atoms with van der Waals surface area (Å²) >= 11 is 0. The first-order valence-corrected chi connectivity index (χ1v) is 8.65. The highest BCUT2D eigenvalue weighted by molar-refractivity contribution is 8.77. The standard InChI is InChI=1S/C12H22O6S2/c1-3-5-7-11(17,9(13)14)19-20-12(18,10(15)16)8-6-4-2/h17-18H,3-8H2,1-2H3,(H,13,14)(H,15,16). The molecule has 0 saturated carbocycles. The van der Waals surface area contributed by atoms with Crippen LogP contribution in [0, 0.1) is 0 Å². The molecule has 0 bridgehead atoms. The Hall–Kier alpha value is -0.440. The van der Waals surface area contributed by atoms with Gasteiger partial charge >= 0.3 is 11.9 Å². The van der Waals surface area contributed by atoms with E-state index in [1.807, 2.05) is 13.8 Å². The highest BCUT2D eigenvalue weighted by Gasteiger charge is 2.43. The molecule has 8 heteroatoms. The second-order valence-electron chi connectivity index (χ2n) is 4.55. The molecule has 0 radical (unpaired) electrons. The summed E-state index contributed by atoms with van der Waals surface area (Å²) in [6.45, 7) is 3.71. The molecule has 0 saturated heterocycles. The van der Waals surface area contributed by atoms with Crippen LogP contribution in [0.5, 0.6) is 0 Å². The minimum atomic E-state index is -2.09. The average molecular weight is 326 g/mol. The van der Waals surface area contributed by atoms with Gasteiger partial charge in [0.15, 0.2) is 0 Å². The smallest absolute Gasteiger partial charge is 0.347 e. The molecule has 0 spiro atoms. The van der Waals surface area contributed by atoms with Gasteiger partial charge in [0.2, 0.25) is 9.87 Å². The predicted molar refractivity (Wildman–Crippen MR) is 79.4 cm³/mol. The van der Waals surface area contributed by atoms with Gasteiger partial charge in [-0.3, -0.25) is 0 Å². The van der Waals surface area contributed by atoms with Gasteiger partial charge in [0.25, 0.3) is 0 Å². The summed E-state index contributed by atoms with van der Waals surface area (Å²) in [5, 5.41) is 38.2. The van der Waals surface area contributed by atoms with Crippen molar-refractivity contribution in [1.29, 1.82) is 0 Å².